The zero-order valence-corrected chi connectivity index (χ0v) is 27.4. The summed E-state index contributed by atoms with van der Waals surface area (Å²) in [7, 11) is 0. The van der Waals surface area contributed by atoms with Gasteiger partial charge in [0.05, 0.1) is 6.61 Å². The Morgan fingerprint density at radius 2 is 1.14 bits per heavy atom. The standard InChI is InChI=1S/C40H50O3/c1-29(2)38(43-33-24-22-32(23-25-33)36(40(6,7)8)28-39(3,4)5)42-27-26-41-37-34(30-16-11-9-12-17-30)20-15-21-35(37)31-18-13-10-14-19-31/h9-25,29,36,38H,26-28H2,1-8H3. The minimum absolute atomic E-state index is 0.179. The Bertz CT molecular complexity index is 1340. The van der Waals surface area contributed by atoms with Crippen LogP contribution < -0.4 is 9.47 Å². The van der Waals surface area contributed by atoms with Gasteiger partial charge < -0.3 is 14.2 Å². The quantitative estimate of drug-likeness (QED) is 0.124. The van der Waals surface area contributed by atoms with Gasteiger partial charge >= 0.3 is 0 Å². The van der Waals surface area contributed by atoms with Gasteiger partial charge in [0, 0.05) is 17.0 Å². The lowest BCUT2D eigenvalue weighted by Gasteiger charge is -2.36. The summed E-state index contributed by atoms with van der Waals surface area (Å²) in [5, 5.41) is 0. The lowest BCUT2D eigenvalue weighted by molar-refractivity contribution is -0.113. The van der Waals surface area contributed by atoms with E-state index in [0.717, 1.165) is 40.2 Å². The second-order valence-electron chi connectivity index (χ2n) is 14.1. The van der Waals surface area contributed by atoms with Crippen molar-refractivity contribution in [2.24, 2.45) is 16.7 Å². The van der Waals surface area contributed by atoms with Crippen LogP contribution in [0.5, 0.6) is 11.5 Å². The fourth-order valence-electron chi connectivity index (χ4n) is 5.50. The van der Waals surface area contributed by atoms with Gasteiger partial charge in [-0.25, -0.2) is 0 Å². The molecule has 3 nitrogen and oxygen atoms in total. The number of rotatable bonds is 12. The largest absolute Gasteiger partial charge is 0.490 e. The van der Waals surface area contributed by atoms with Crippen LogP contribution in [-0.4, -0.2) is 19.5 Å². The van der Waals surface area contributed by atoms with Crippen LogP contribution in [-0.2, 0) is 4.74 Å². The van der Waals surface area contributed by atoms with Gasteiger partial charge in [0.1, 0.15) is 18.1 Å². The predicted octanol–water partition coefficient (Wildman–Crippen LogP) is 11.0. The van der Waals surface area contributed by atoms with E-state index in [1.165, 1.54) is 5.56 Å². The maximum absolute atomic E-state index is 6.49. The maximum atomic E-state index is 6.49. The van der Waals surface area contributed by atoms with Crippen molar-refractivity contribution in [2.45, 2.75) is 74.0 Å². The molecule has 0 aliphatic heterocycles. The van der Waals surface area contributed by atoms with Crippen molar-refractivity contribution in [2.75, 3.05) is 13.2 Å². The number of hydrogen-bond donors (Lipinski definition) is 0. The summed E-state index contributed by atoms with van der Waals surface area (Å²) in [6, 6.07) is 35.7. The van der Waals surface area contributed by atoms with E-state index in [1.807, 2.05) is 12.1 Å². The first kappa shape index (κ1) is 32.4. The number of benzene rings is 4. The highest BCUT2D eigenvalue weighted by atomic mass is 16.7. The van der Waals surface area contributed by atoms with Crippen molar-refractivity contribution in [3.8, 4) is 33.8 Å². The maximum Gasteiger partial charge on any atom is 0.202 e. The van der Waals surface area contributed by atoms with Gasteiger partial charge in [0.2, 0.25) is 6.29 Å². The van der Waals surface area contributed by atoms with Gasteiger partial charge in [-0.1, -0.05) is 146 Å². The van der Waals surface area contributed by atoms with Gasteiger partial charge in [0.25, 0.3) is 0 Å². The molecule has 0 spiro atoms. The van der Waals surface area contributed by atoms with E-state index >= 15 is 0 Å². The fourth-order valence-corrected chi connectivity index (χ4v) is 5.50. The molecule has 0 fully saturated rings. The smallest absolute Gasteiger partial charge is 0.202 e. The fraction of sp³-hybridized carbons (Fsp3) is 0.400. The molecular formula is C40H50O3. The number of ether oxygens (including phenoxy) is 3. The summed E-state index contributed by atoms with van der Waals surface area (Å²) in [4.78, 5) is 0. The van der Waals surface area contributed by atoms with Crippen molar-refractivity contribution >= 4 is 0 Å². The van der Waals surface area contributed by atoms with Crippen LogP contribution in [0.25, 0.3) is 22.3 Å². The number of para-hydroxylation sites is 1. The third-order valence-corrected chi connectivity index (χ3v) is 7.74. The Hall–Kier alpha value is -3.56. The molecule has 0 aliphatic rings. The molecule has 4 aromatic rings. The average molecular weight is 579 g/mol. The first-order valence-electron chi connectivity index (χ1n) is 15.7. The van der Waals surface area contributed by atoms with Crippen molar-refractivity contribution in [1.29, 1.82) is 0 Å². The molecule has 3 heteroatoms. The Balaban J connectivity index is 1.44. The first-order chi connectivity index (χ1) is 20.4. The zero-order valence-electron chi connectivity index (χ0n) is 27.4. The van der Waals surface area contributed by atoms with E-state index in [0.29, 0.717) is 19.1 Å². The lowest BCUT2D eigenvalue weighted by atomic mass is 9.69. The van der Waals surface area contributed by atoms with Gasteiger partial charge in [0.15, 0.2) is 0 Å². The van der Waals surface area contributed by atoms with E-state index in [4.69, 9.17) is 14.2 Å². The van der Waals surface area contributed by atoms with Gasteiger partial charge in [-0.05, 0) is 52.0 Å². The van der Waals surface area contributed by atoms with E-state index in [2.05, 4.69) is 146 Å². The monoisotopic (exact) mass is 578 g/mol. The van der Waals surface area contributed by atoms with Crippen molar-refractivity contribution in [1.82, 2.24) is 0 Å². The summed E-state index contributed by atoms with van der Waals surface area (Å²) in [5.41, 5.74) is 6.18. The minimum Gasteiger partial charge on any atom is -0.490 e. The van der Waals surface area contributed by atoms with Crippen LogP contribution in [0, 0.1) is 16.7 Å². The molecule has 0 radical (unpaired) electrons. The molecule has 4 rings (SSSR count). The molecule has 2 unspecified atom stereocenters. The molecule has 0 N–H and O–H groups in total. The summed E-state index contributed by atoms with van der Waals surface area (Å²) in [5.74, 6) is 2.34. The summed E-state index contributed by atoms with van der Waals surface area (Å²) < 4.78 is 19.1. The highest BCUT2D eigenvalue weighted by Crippen LogP contribution is 2.43. The molecule has 0 saturated heterocycles. The normalized spacial score (nSPS) is 13.5. The topological polar surface area (TPSA) is 27.7 Å². The third-order valence-electron chi connectivity index (χ3n) is 7.74. The SMILES string of the molecule is CC(C)C(OCCOc1c(-c2ccccc2)cccc1-c1ccccc1)Oc1ccc(C(CC(C)(C)C)C(C)(C)C)cc1. The Labute approximate surface area is 260 Å². The molecule has 0 aromatic heterocycles. The van der Waals surface area contributed by atoms with Crippen LogP contribution in [0.4, 0.5) is 0 Å². The molecule has 4 aromatic carbocycles. The lowest BCUT2D eigenvalue weighted by Crippen LogP contribution is -2.28. The van der Waals surface area contributed by atoms with E-state index in [9.17, 15) is 0 Å². The second-order valence-corrected chi connectivity index (χ2v) is 14.1. The summed E-state index contributed by atoms with van der Waals surface area (Å²) in [6.07, 6.45) is 0.758. The van der Waals surface area contributed by atoms with Crippen LogP contribution in [0.2, 0.25) is 0 Å². The van der Waals surface area contributed by atoms with Gasteiger partial charge in [-0.3, -0.25) is 0 Å². The van der Waals surface area contributed by atoms with E-state index in [-0.39, 0.29) is 23.0 Å². The molecule has 0 amide bonds. The van der Waals surface area contributed by atoms with Crippen LogP contribution in [0.15, 0.2) is 103 Å². The van der Waals surface area contributed by atoms with Crippen molar-refractivity contribution < 1.29 is 14.2 Å². The summed E-state index contributed by atoms with van der Waals surface area (Å²) in [6.45, 7) is 19.0. The van der Waals surface area contributed by atoms with Crippen LogP contribution in [0.3, 0.4) is 0 Å². The van der Waals surface area contributed by atoms with Crippen molar-refractivity contribution in [3.05, 3.63) is 109 Å². The molecule has 2 atom stereocenters. The second kappa shape index (κ2) is 14.3. The summed E-state index contributed by atoms with van der Waals surface area (Å²) >= 11 is 0. The van der Waals surface area contributed by atoms with Gasteiger partial charge in [-0.15, -0.1) is 0 Å². The molecule has 0 bridgehead atoms. The minimum atomic E-state index is -0.375. The van der Waals surface area contributed by atoms with Crippen molar-refractivity contribution in [3.63, 3.8) is 0 Å². The predicted molar refractivity (Wildman–Crippen MR) is 181 cm³/mol. The highest BCUT2D eigenvalue weighted by molar-refractivity contribution is 5.82. The Morgan fingerprint density at radius 3 is 1.60 bits per heavy atom. The highest BCUT2D eigenvalue weighted by Gasteiger charge is 2.30. The molecule has 0 saturated carbocycles. The Morgan fingerprint density at radius 1 is 0.605 bits per heavy atom. The van der Waals surface area contributed by atoms with Crippen LogP contribution >= 0.6 is 0 Å². The van der Waals surface area contributed by atoms with E-state index in [1.54, 1.807) is 0 Å². The molecule has 228 valence electrons. The molecule has 43 heavy (non-hydrogen) atoms. The zero-order chi connectivity index (χ0) is 31.0. The Kier molecular flexibility index (Phi) is 10.7. The average Bonchev–Trinajstić information content (AvgIpc) is 2.97. The third kappa shape index (κ3) is 9.21. The molecule has 0 heterocycles. The van der Waals surface area contributed by atoms with Gasteiger partial charge in [-0.2, -0.15) is 0 Å². The molecular weight excluding hydrogens is 528 g/mol. The van der Waals surface area contributed by atoms with Crippen LogP contribution in [0.1, 0.15) is 73.3 Å². The molecule has 0 aliphatic carbocycles. The number of hydrogen-bond acceptors (Lipinski definition) is 3. The van der Waals surface area contributed by atoms with E-state index < -0.39 is 0 Å². The first-order valence-corrected chi connectivity index (χ1v) is 15.7.